The number of carbonyl (C=O) groups excluding carboxylic acids is 3. The Morgan fingerprint density at radius 3 is 2.43 bits per heavy atom. The van der Waals surface area contributed by atoms with Crippen molar-refractivity contribution in [3.63, 3.8) is 0 Å². The van der Waals surface area contributed by atoms with Gasteiger partial charge in [-0.3, -0.25) is 14.4 Å². The number of likely N-dealkylation sites (tertiary alicyclic amines) is 1. The van der Waals surface area contributed by atoms with Crippen LogP contribution in [0.4, 0.5) is 0 Å². The van der Waals surface area contributed by atoms with Gasteiger partial charge in [-0.1, -0.05) is 54.1 Å². The van der Waals surface area contributed by atoms with Gasteiger partial charge in [0.2, 0.25) is 17.7 Å². The minimum absolute atomic E-state index is 0.177. The number of carbonyl (C=O) groups is 3. The second kappa shape index (κ2) is 15.8. The molecule has 3 amide bonds. The Morgan fingerprint density at radius 2 is 1.78 bits per heavy atom. The van der Waals surface area contributed by atoms with Crippen molar-refractivity contribution in [2.75, 3.05) is 34.2 Å². The Hall–Kier alpha value is -3.53. The lowest BCUT2D eigenvalue weighted by atomic mass is 9.96. The molecule has 0 bridgehead atoms. The van der Waals surface area contributed by atoms with E-state index in [-0.39, 0.29) is 17.7 Å². The van der Waals surface area contributed by atoms with Gasteiger partial charge in [-0.2, -0.15) is 0 Å². The molecule has 248 valence electrons. The topological polar surface area (TPSA) is 99.0 Å². The maximum atomic E-state index is 14.5. The number of amides is 3. The van der Waals surface area contributed by atoms with E-state index in [4.69, 9.17) is 5.73 Å². The molecule has 1 aromatic heterocycles. The molecule has 0 radical (unpaired) electrons. The van der Waals surface area contributed by atoms with Gasteiger partial charge in [-0.05, 0) is 87.8 Å². The molecule has 3 aromatic rings. The monoisotopic (exact) mass is 645 g/mol. The van der Waals surface area contributed by atoms with Crippen LogP contribution < -0.4 is 11.1 Å². The summed E-state index contributed by atoms with van der Waals surface area (Å²) in [6, 6.07) is 17.1. The van der Waals surface area contributed by atoms with Crippen LogP contribution in [0.2, 0.25) is 0 Å². The van der Waals surface area contributed by atoms with Crippen LogP contribution in [0.1, 0.15) is 56.9 Å². The highest BCUT2D eigenvalue weighted by atomic mass is 32.1. The number of benzene rings is 2. The molecule has 8 nitrogen and oxygen atoms in total. The predicted octanol–water partition coefficient (Wildman–Crippen LogP) is 5.01. The van der Waals surface area contributed by atoms with Gasteiger partial charge in [0, 0.05) is 56.0 Å². The number of hydrogen-bond acceptors (Lipinski definition) is 6. The van der Waals surface area contributed by atoms with Crippen LogP contribution in [0.15, 0.2) is 71.6 Å². The summed E-state index contributed by atoms with van der Waals surface area (Å²) in [5, 5.41) is 7.28. The molecule has 1 fully saturated rings. The molecular weight excluding hydrogens is 595 g/mol. The van der Waals surface area contributed by atoms with E-state index in [1.807, 2.05) is 68.6 Å². The summed E-state index contributed by atoms with van der Waals surface area (Å²) in [4.78, 5) is 48.3. The average Bonchev–Trinajstić information content (AvgIpc) is 3.68. The minimum Gasteiger partial charge on any atom is -0.354 e. The third-order valence-electron chi connectivity index (χ3n) is 8.99. The first-order valence-corrected chi connectivity index (χ1v) is 17.2. The van der Waals surface area contributed by atoms with Crippen molar-refractivity contribution in [3.8, 4) is 0 Å². The van der Waals surface area contributed by atoms with Crippen molar-refractivity contribution >= 4 is 39.8 Å². The molecule has 3 atom stereocenters. The molecule has 1 aliphatic rings. The van der Waals surface area contributed by atoms with E-state index in [1.54, 1.807) is 36.4 Å². The van der Waals surface area contributed by atoms with E-state index in [1.165, 1.54) is 11.3 Å². The zero-order valence-electron chi connectivity index (χ0n) is 28.3. The summed E-state index contributed by atoms with van der Waals surface area (Å²) in [6.07, 6.45) is 6.03. The molecule has 46 heavy (non-hydrogen) atoms. The predicted molar refractivity (Wildman–Crippen MR) is 189 cm³/mol. The van der Waals surface area contributed by atoms with Crippen LogP contribution in [0.5, 0.6) is 0 Å². The summed E-state index contributed by atoms with van der Waals surface area (Å²) in [5.41, 5.74) is 7.53. The largest absolute Gasteiger partial charge is 0.354 e. The van der Waals surface area contributed by atoms with Crippen LogP contribution in [0.3, 0.4) is 0 Å². The molecule has 1 unspecified atom stereocenters. The Balaban J connectivity index is 1.60. The van der Waals surface area contributed by atoms with Crippen molar-refractivity contribution in [1.82, 2.24) is 20.0 Å². The van der Waals surface area contributed by atoms with E-state index < -0.39 is 17.6 Å². The molecular formula is C37H51N5O3S. The third-order valence-corrected chi connectivity index (χ3v) is 9.89. The molecule has 1 aliphatic heterocycles. The molecule has 3 N–H and O–H groups in total. The van der Waals surface area contributed by atoms with Crippen molar-refractivity contribution in [2.24, 2.45) is 5.73 Å². The van der Waals surface area contributed by atoms with E-state index >= 15 is 0 Å². The fourth-order valence-electron chi connectivity index (χ4n) is 6.45. The van der Waals surface area contributed by atoms with Crippen LogP contribution >= 0.6 is 11.3 Å². The van der Waals surface area contributed by atoms with Gasteiger partial charge in [0.15, 0.2) is 0 Å². The Kier molecular flexibility index (Phi) is 12.2. The van der Waals surface area contributed by atoms with Crippen LogP contribution in [-0.4, -0.2) is 90.3 Å². The average molecular weight is 646 g/mol. The fraction of sp³-hybridized carbons (Fsp3) is 0.486. The van der Waals surface area contributed by atoms with E-state index in [0.717, 1.165) is 46.2 Å². The SMILES string of the molecule is C/C(=C\C(=O)N(C)[C@H](Cc1ccc2ccccc2c1)C(=O)N(C)[C@H](Cc1cccs1)C(=O)NCCC1CCCN1C)CC(C)(C)N. The zero-order chi connectivity index (χ0) is 33.4. The standard InChI is InChI=1S/C37H51N5O3S/c1-26(25-37(2,3)38)21-34(43)41(5)33(23-27-15-16-28-11-7-8-12-29(28)22-27)36(45)42(6)32(24-31-14-10-20-46-31)35(44)39-18-17-30-13-9-19-40(30)4/h7-8,10-12,14-16,20-22,30,32-33H,9,13,17-19,23-25,38H2,1-6H3,(H,39,44)/b26-21+/t30?,32-,33-/m1/s1. The number of nitrogens with one attached hydrogen (secondary N) is 1. The van der Waals surface area contributed by atoms with Gasteiger partial charge in [-0.15, -0.1) is 11.3 Å². The van der Waals surface area contributed by atoms with E-state index in [0.29, 0.717) is 31.8 Å². The van der Waals surface area contributed by atoms with Gasteiger partial charge >= 0.3 is 0 Å². The first-order valence-electron chi connectivity index (χ1n) is 16.3. The maximum Gasteiger partial charge on any atom is 0.246 e. The third kappa shape index (κ3) is 9.74. The summed E-state index contributed by atoms with van der Waals surface area (Å²) in [5.74, 6) is -0.722. The number of fused-ring (bicyclic) bond motifs is 1. The first kappa shape index (κ1) is 35.3. The second-order valence-corrected chi connectivity index (χ2v) is 14.6. The van der Waals surface area contributed by atoms with Gasteiger partial charge < -0.3 is 25.8 Å². The van der Waals surface area contributed by atoms with Gasteiger partial charge in [-0.25, -0.2) is 0 Å². The summed E-state index contributed by atoms with van der Waals surface area (Å²) >= 11 is 1.57. The summed E-state index contributed by atoms with van der Waals surface area (Å²) < 4.78 is 0. The maximum absolute atomic E-state index is 14.5. The molecule has 2 aromatic carbocycles. The number of nitrogens with zero attached hydrogens (tertiary/aromatic N) is 3. The molecule has 9 heteroatoms. The first-order chi connectivity index (χ1) is 21.8. The molecule has 0 spiro atoms. The van der Waals surface area contributed by atoms with Crippen molar-refractivity contribution in [2.45, 2.75) is 83.0 Å². The highest BCUT2D eigenvalue weighted by Gasteiger charge is 2.35. The minimum atomic E-state index is -0.820. The number of thiophene rings is 1. The van der Waals surface area contributed by atoms with E-state index in [2.05, 4.69) is 29.4 Å². The molecule has 2 heterocycles. The molecule has 1 saturated heterocycles. The van der Waals surface area contributed by atoms with Crippen LogP contribution in [0.25, 0.3) is 10.8 Å². The summed E-state index contributed by atoms with van der Waals surface area (Å²) in [6.45, 7) is 7.36. The Bertz CT molecular complexity index is 1510. The quantitative estimate of drug-likeness (QED) is 0.240. The van der Waals surface area contributed by atoms with Crippen molar-refractivity contribution < 1.29 is 14.4 Å². The molecule has 0 saturated carbocycles. The number of nitrogens with two attached hydrogens (primary N) is 1. The smallest absolute Gasteiger partial charge is 0.246 e. The van der Waals surface area contributed by atoms with Crippen LogP contribution in [-0.2, 0) is 27.2 Å². The van der Waals surface area contributed by atoms with Crippen molar-refractivity contribution in [3.05, 3.63) is 82.1 Å². The van der Waals surface area contributed by atoms with Crippen molar-refractivity contribution in [1.29, 1.82) is 0 Å². The highest BCUT2D eigenvalue weighted by molar-refractivity contribution is 7.09. The normalized spacial score (nSPS) is 17.1. The second-order valence-electron chi connectivity index (χ2n) is 13.6. The summed E-state index contributed by atoms with van der Waals surface area (Å²) in [7, 11) is 5.49. The van der Waals surface area contributed by atoms with Crippen LogP contribution in [0, 0.1) is 0 Å². The lowest BCUT2D eigenvalue weighted by Gasteiger charge is -2.34. The van der Waals surface area contributed by atoms with E-state index in [9.17, 15) is 14.4 Å². The lowest BCUT2D eigenvalue weighted by molar-refractivity contribution is -0.146. The van der Waals surface area contributed by atoms with Gasteiger partial charge in [0.05, 0.1) is 0 Å². The molecule has 4 rings (SSSR count). The number of rotatable bonds is 14. The zero-order valence-corrected chi connectivity index (χ0v) is 29.1. The lowest BCUT2D eigenvalue weighted by Crippen LogP contribution is -2.56. The number of hydrogen-bond donors (Lipinski definition) is 2. The van der Waals surface area contributed by atoms with Gasteiger partial charge in [0.1, 0.15) is 12.1 Å². The number of likely N-dealkylation sites (N-methyl/N-ethyl adjacent to an activating group) is 2. The van der Waals surface area contributed by atoms with Gasteiger partial charge in [0.25, 0.3) is 0 Å². The Labute approximate surface area is 278 Å². The fourth-order valence-corrected chi connectivity index (χ4v) is 7.20. The molecule has 0 aliphatic carbocycles. The Morgan fingerprint density at radius 1 is 1.04 bits per heavy atom. The highest BCUT2D eigenvalue weighted by Crippen LogP contribution is 2.22.